The lowest BCUT2D eigenvalue weighted by molar-refractivity contribution is -0.155. The molecule has 0 radical (unpaired) electrons. The van der Waals surface area contributed by atoms with Crippen molar-refractivity contribution in [3.8, 4) is 0 Å². The first-order valence-electron chi connectivity index (χ1n) is 9.01. The molecule has 1 saturated heterocycles. The Morgan fingerprint density at radius 3 is 2.62 bits per heavy atom. The first kappa shape index (κ1) is 23.8. The van der Waals surface area contributed by atoms with Gasteiger partial charge in [0.1, 0.15) is 11.7 Å². The zero-order valence-electron chi connectivity index (χ0n) is 16.3. The lowest BCUT2D eigenvalue weighted by atomic mass is 9.86. The van der Waals surface area contributed by atoms with Gasteiger partial charge in [0.05, 0.1) is 6.04 Å². The van der Waals surface area contributed by atoms with Crippen LogP contribution in [0, 0.1) is 0 Å². The van der Waals surface area contributed by atoms with Crippen LogP contribution in [0.1, 0.15) is 23.7 Å². The van der Waals surface area contributed by atoms with Crippen molar-refractivity contribution in [2.75, 3.05) is 5.73 Å². The number of amides is 2. The van der Waals surface area contributed by atoms with E-state index < -0.39 is 52.5 Å². The molecule has 19 heteroatoms. The molecule has 2 atom stereocenters. The van der Waals surface area contributed by atoms with Crippen LogP contribution in [0.5, 0.6) is 0 Å². The number of thioether (sulfide) groups is 1. The molecule has 0 spiro atoms. The molecule has 4 heterocycles. The molecule has 0 aromatic carbocycles. The van der Waals surface area contributed by atoms with Gasteiger partial charge in [0.2, 0.25) is 16.5 Å². The van der Waals surface area contributed by atoms with Gasteiger partial charge in [-0.25, -0.2) is 4.79 Å². The Bertz CT molecular complexity index is 1240. The number of nitrogen functional groups attached to an aromatic ring is 1. The molecular formula is C15H11F3N8O5S3. The number of fused-ring (bicyclic) bond motifs is 1. The van der Waals surface area contributed by atoms with Gasteiger partial charge in [-0.05, 0) is 12.8 Å². The molecule has 2 amide bonds. The number of anilines is 1. The average Bonchev–Trinajstić information content (AvgIpc) is 3.41. The number of alkyl halides is 3. The van der Waals surface area contributed by atoms with Gasteiger partial charge in [0.25, 0.3) is 11.8 Å². The van der Waals surface area contributed by atoms with Gasteiger partial charge in [-0.2, -0.15) is 22.5 Å². The molecule has 1 fully saturated rings. The van der Waals surface area contributed by atoms with Gasteiger partial charge in [-0.3, -0.25) is 14.5 Å². The van der Waals surface area contributed by atoms with Crippen molar-refractivity contribution in [2.24, 2.45) is 5.16 Å². The number of carboxylic acids is 1. The highest BCUT2D eigenvalue weighted by Crippen LogP contribution is 2.44. The number of hydrogen-bond donors (Lipinski definition) is 4. The quantitative estimate of drug-likeness (QED) is 0.176. The number of allylic oxidation sites excluding steroid dienone is 1. The van der Waals surface area contributed by atoms with E-state index in [4.69, 9.17) is 10.9 Å². The Morgan fingerprint density at radius 2 is 2.06 bits per heavy atom. The van der Waals surface area contributed by atoms with Crippen LogP contribution < -0.4 is 11.1 Å². The number of hydrogen-bond acceptors (Lipinski definition) is 13. The third-order valence-electron chi connectivity index (χ3n) is 4.71. The van der Waals surface area contributed by atoms with Crippen LogP contribution >= 0.6 is 34.6 Å². The van der Waals surface area contributed by atoms with Gasteiger partial charge < -0.3 is 21.4 Å². The fourth-order valence-corrected chi connectivity index (χ4v) is 5.71. The number of nitrogens with two attached hydrogens (primary N) is 1. The number of carbonyl (C=O) groups is 3. The Morgan fingerprint density at radius 1 is 1.32 bits per heavy atom. The number of halogens is 3. The highest BCUT2D eigenvalue weighted by Gasteiger charge is 2.54. The number of oxime groups is 1. The maximum absolute atomic E-state index is 12.8. The van der Waals surface area contributed by atoms with E-state index in [1.165, 1.54) is 0 Å². The molecule has 2 aromatic rings. The molecule has 2 aliphatic rings. The number of rotatable bonds is 6. The number of carbonyl (C=O) groups excluding carboxylic acids is 2. The molecule has 4 rings (SSSR count). The van der Waals surface area contributed by atoms with Gasteiger partial charge in [0.15, 0.2) is 9.47 Å². The fourth-order valence-electron chi connectivity index (χ4n) is 3.33. The van der Waals surface area contributed by atoms with E-state index in [1.807, 2.05) is 0 Å². The van der Waals surface area contributed by atoms with Crippen LogP contribution in [0.3, 0.4) is 0 Å². The van der Waals surface area contributed by atoms with E-state index in [2.05, 4.69) is 30.0 Å². The van der Waals surface area contributed by atoms with Crippen molar-refractivity contribution in [2.45, 2.75) is 35.4 Å². The van der Waals surface area contributed by atoms with Crippen LogP contribution in [0.2, 0.25) is 0 Å². The summed E-state index contributed by atoms with van der Waals surface area (Å²) in [6.07, 6.45) is -4.39. The van der Waals surface area contributed by atoms with Crippen molar-refractivity contribution in [1.29, 1.82) is 0 Å². The maximum atomic E-state index is 12.8. The average molecular weight is 536 g/mol. The Kier molecular flexibility index (Phi) is 6.16. The second-order valence-corrected chi connectivity index (χ2v) is 9.82. The normalized spacial score (nSPS) is 20.7. The number of nitrogens with zero attached hydrogens (tertiary/aromatic N) is 6. The number of carboxylic acid groups (broad SMARTS) is 1. The summed E-state index contributed by atoms with van der Waals surface area (Å²) < 4.78 is 41.9. The number of nitrogens with one attached hydrogen (secondary N) is 1. The topological polar surface area (TPSA) is 197 Å². The van der Waals surface area contributed by atoms with Crippen molar-refractivity contribution in [3.05, 3.63) is 21.4 Å². The predicted molar refractivity (Wildman–Crippen MR) is 110 cm³/mol. The molecule has 0 unspecified atom stereocenters. The van der Waals surface area contributed by atoms with E-state index >= 15 is 0 Å². The summed E-state index contributed by atoms with van der Waals surface area (Å²) in [7, 11) is 0. The minimum atomic E-state index is -4.69. The molecular weight excluding hydrogens is 525 g/mol. The largest absolute Gasteiger partial charge is 0.477 e. The number of β-lactam (4-membered cyclic amide) rings is 1. The van der Waals surface area contributed by atoms with E-state index in [9.17, 15) is 32.7 Å². The van der Waals surface area contributed by atoms with Gasteiger partial charge >= 0.3 is 12.1 Å². The third-order valence-corrected chi connectivity index (χ3v) is 7.41. The smallest absolute Gasteiger partial charge is 0.445 e. The van der Waals surface area contributed by atoms with E-state index in [-0.39, 0.29) is 44.4 Å². The summed E-state index contributed by atoms with van der Waals surface area (Å²) in [4.78, 5) is 41.9. The molecule has 2 aromatic heterocycles. The lowest BCUT2D eigenvalue weighted by Crippen LogP contribution is -2.72. The molecule has 0 aliphatic carbocycles. The molecule has 0 saturated carbocycles. The Labute approximate surface area is 198 Å². The third kappa shape index (κ3) is 4.28. The molecule has 34 heavy (non-hydrogen) atoms. The monoisotopic (exact) mass is 536 g/mol. The van der Waals surface area contributed by atoms with Crippen LogP contribution in [0.15, 0.2) is 20.1 Å². The SMILES string of the molecule is Nc1nc(/C(=N/O)C(=O)N[C@@H]2C(=O)N3C(C(=O)O)=C(Sc4nnc(C(F)(F)F)s4)CC[C@H]23)ns1. The summed E-state index contributed by atoms with van der Waals surface area (Å²) in [5, 5.41) is 29.3. The first-order chi connectivity index (χ1) is 16.0. The summed E-state index contributed by atoms with van der Waals surface area (Å²) in [6.45, 7) is 0. The van der Waals surface area contributed by atoms with Crippen molar-refractivity contribution < 1.29 is 37.9 Å². The second kappa shape index (κ2) is 8.80. The molecule has 5 N–H and O–H groups in total. The fraction of sp³-hybridized carbons (Fsp3) is 0.333. The molecule has 2 aliphatic heterocycles. The number of aromatic nitrogens is 4. The van der Waals surface area contributed by atoms with Gasteiger partial charge in [-0.1, -0.05) is 28.3 Å². The predicted octanol–water partition coefficient (Wildman–Crippen LogP) is 0.747. The van der Waals surface area contributed by atoms with Crippen molar-refractivity contribution in [3.63, 3.8) is 0 Å². The lowest BCUT2D eigenvalue weighted by Gasteiger charge is -2.49. The summed E-state index contributed by atoms with van der Waals surface area (Å²) in [6, 6.07) is -1.86. The van der Waals surface area contributed by atoms with E-state index in [0.717, 1.165) is 16.4 Å². The first-order valence-corrected chi connectivity index (χ1v) is 11.4. The van der Waals surface area contributed by atoms with Gasteiger partial charge in [-0.15, -0.1) is 10.2 Å². The van der Waals surface area contributed by atoms with Crippen LogP contribution in [0.25, 0.3) is 0 Å². The van der Waals surface area contributed by atoms with E-state index in [0.29, 0.717) is 11.8 Å². The number of aliphatic carboxylic acids is 1. The van der Waals surface area contributed by atoms with Crippen molar-refractivity contribution in [1.82, 2.24) is 29.8 Å². The zero-order valence-corrected chi connectivity index (χ0v) is 18.8. The second-order valence-electron chi connectivity index (χ2n) is 6.72. The zero-order chi connectivity index (χ0) is 24.8. The highest BCUT2D eigenvalue weighted by atomic mass is 32.2. The van der Waals surface area contributed by atoms with E-state index in [1.54, 1.807) is 0 Å². The molecule has 0 bridgehead atoms. The summed E-state index contributed by atoms with van der Waals surface area (Å²) in [5.41, 5.74) is 4.45. The Hall–Kier alpha value is -3.32. The summed E-state index contributed by atoms with van der Waals surface area (Å²) >= 11 is 1.69. The summed E-state index contributed by atoms with van der Waals surface area (Å²) in [5.74, 6) is -3.46. The maximum Gasteiger partial charge on any atom is 0.445 e. The Balaban J connectivity index is 1.52. The van der Waals surface area contributed by atoms with Crippen LogP contribution in [0.4, 0.5) is 18.3 Å². The minimum absolute atomic E-state index is 0.0150. The minimum Gasteiger partial charge on any atom is -0.477 e. The standard InChI is InChI=1S/C15H11F3N8O5S3/c16-15(17,18)12-22-23-14(33-12)32-4-2-1-3-5(10(28)26(3)7(4)11(29)30)20-9(27)6(24-31)8-21-13(19)34-25-8/h3,5,31H,1-2H2,(H,20,27)(H,29,30)(H2,19,21,25)/b24-6-/t3-,5+/m1/s1. The highest BCUT2D eigenvalue weighted by molar-refractivity contribution is 8.04. The van der Waals surface area contributed by atoms with Crippen molar-refractivity contribution >= 4 is 63.3 Å². The van der Waals surface area contributed by atoms with Crippen LogP contribution in [-0.2, 0) is 20.6 Å². The van der Waals surface area contributed by atoms with Gasteiger partial charge in [0, 0.05) is 16.4 Å². The molecule has 13 nitrogen and oxygen atoms in total. The van der Waals surface area contributed by atoms with Crippen LogP contribution in [-0.4, -0.2) is 70.3 Å². The molecule has 180 valence electrons.